The van der Waals surface area contributed by atoms with Gasteiger partial charge in [-0.2, -0.15) is 0 Å². The van der Waals surface area contributed by atoms with Crippen LogP contribution in [0.2, 0.25) is 0 Å². The second-order valence-electron chi connectivity index (χ2n) is 6.74. The van der Waals surface area contributed by atoms with Crippen molar-refractivity contribution in [3.8, 4) is 0 Å². The minimum atomic E-state index is 0.476. The lowest BCUT2D eigenvalue weighted by Crippen LogP contribution is -2.45. The fourth-order valence-corrected chi connectivity index (χ4v) is 4.81. The van der Waals surface area contributed by atoms with Crippen LogP contribution in [0, 0.1) is 5.41 Å². The van der Waals surface area contributed by atoms with Gasteiger partial charge in [0.2, 0.25) is 0 Å². The molecule has 0 amide bonds. The highest BCUT2D eigenvalue weighted by Gasteiger charge is 2.33. The Bertz CT molecular complexity index is 441. The second-order valence-corrected chi connectivity index (χ2v) is 7.80. The SMILES string of the molecule is CC1(C)CCCCC1NCC1CSc2ccccc21. The Kier molecular flexibility index (Phi) is 3.91. The third kappa shape index (κ3) is 2.85. The first kappa shape index (κ1) is 13.5. The Balaban J connectivity index is 1.61. The molecule has 0 radical (unpaired) electrons. The number of hydrogen-bond acceptors (Lipinski definition) is 2. The van der Waals surface area contributed by atoms with Crippen molar-refractivity contribution in [3.63, 3.8) is 0 Å². The number of fused-ring (bicyclic) bond motifs is 1. The lowest BCUT2D eigenvalue weighted by Gasteiger charge is -2.39. The van der Waals surface area contributed by atoms with Crippen molar-refractivity contribution in [2.75, 3.05) is 12.3 Å². The quantitative estimate of drug-likeness (QED) is 0.875. The van der Waals surface area contributed by atoms with Crippen molar-refractivity contribution in [1.29, 1.82) is 0 Å². The standard InChI is InChI=1S/C17H25NS/c1-17(2)10-6-5-9-16(17)18-11-13-12-19-15-8-4-3-7-14(13)15/h3-4,7-8,13,16,18H,5-6,9-12H2,1-2H3. The summed E-state index contributed by atoms with van der Waals surface area (Å²) in [4.78, 5) is 1.50. The molecule has 19 heavy (non-hydrogen) atoms. The summed E-state index contributed by atoms with van der Waals surface area (Å²) in [5, 5.41) is 3.88. The average molecular weight is 275 g/mol. The van der Waals surface area contributed by atoms with E-state index < -0.39 is 0 Å². The summed E-state index contributed by atoms with van der Waals surface area (Å²) < 4.78 is 0. The van der Waals surface area contributed by atoms with E-state index in [0.29, 0.717) is 17.4 Å². The van der Waals surface area contributed by atoms with Crippen molar-refractivity contribution in [3.05, 3.63) is 29.8 Å². The van der Waals surface area contributed by atoms with Crippen molar-refractivity contribution >= 4 is 11.8 Å². The zero-order valence-corrected chi connectivity index (χ0v) is 12.9. The van der Waals surface area contributed by atoms with Crippen molar-refractivity contribution in [2.45, 2.75) is 56.4 Å². The van der Waals surface area contributed by atoms with E-state index in [9.17, 15) is 0 Å². The van der Waals surface area contributed by atoms with Gasteiger partial charge in [-0.25, -0.2) is 0 Å². The molecule has 0 aromatic heterocycles. The van der Waals surface area contributed by atoms with E-state index in [1.807, 2.05) is 11.8 Å². The molecule has 1 nitrogen and oxygen atoms in total. The number of thioether (sulfide) groups is 1. The molecular weight excluding hydrogens is 250 g/mol. The molecule has 0 bridgehead atoms. The number of nitrogens with one attached hydrogen (secondary N) is 1. The summed E-state index contributed by atoms with van der Waals surface area (Å²) in [7, 11) is 0. The van der Waals surface area contributed by atoms with Crippen LogP contribution < -0.4 is 5.32 Å². The normalized spacial score (nSPS) is 29.2. The molecule has 2 heteroatoms. The average Bonchev–Trinajstić information content (AvgIpc) is 2.80. The maximum absolute atomic E-state index is 3.88. The van der Waals surface area contributed by atoms with Gasteiger partial charge in [0.15, 0.2) is 0 Å². The molecule has 1 aromatic rings. The summed E-state index contributed by atoms with van der Waals surface area (Å²) in [6.07, 6.45) is 5.54. The molecule has 0 spiro atoms. The van der Waals surface area contributed by atoms with Gasteiger partial charge in [-0.3, -0.25) is 0 Å². The van der Waals surface area contributed by atoms with Crippen LogP contribution in [0.4, 0.5) is 0 Å². The second kappa shape index (κ2) is 5.49. The van der Waals surface area contributed by atoms with E-state index in [1.54, 1.807) is 5.56 Å². The maximum atomic E-state index is 3.88. The number of rotatable bonds is 3. The fourth-order valence-electron chi connectivity index (χ4n) is 3.56. The van der Waals surface area contributed by atoms with Gasteiger partial charge in [-0.1, -0.05) is 44.9 Å². The number of benzene rings is 1. The van der Waals surface area contributed by atoms with E-state index in [2.05, 4.69) is 43.4 Å². The summed E-state index contributed by atoms with van der Waals surface area (Å²) >= 11 is 2.02. The summed E-state index contributed by atoms with van der Waals surface area (Å²) in [5.74, 6) is 1.96. The van der Waals surface area contributed by atoms with Gasteiger partial charge in [0.25, 0.3) is 0 Å². The lowest BCUT2D eigenvalue weighted by molar-refractivity contribution is 0.167. The predicted molar refractivity (Wildman–Crippen MR) is 83.9 cm³/mol. The van der Waals surface area contributed by atoms with Crippen LogP contribution in [0.5, 0.6) is 0 Å². The molecule has 1 saturated carbocycles. The summed E-state index contributed by atoms with van der Waals surface area (Å²) in [5.41, 5.74) is 2.04. The lowest BCUT2D eigenvalue weighted by atomic mass is 9.73. The highest BCUT2D eigenvalue weighted by molar-refractivity contribution is 7.99. The van der Waals surface area contributed by atoms with Gasteiger partial charge in [0.05, 0.1) is 0 Å². The third-order valence-electron chi connectivity index (χ3n) is 4.92. The van der Waals surface area contributed by atoms with E-state index >= 15 is 0 Å². The van der Waals surface area contributed by atoms with Gasteiger partial charge < -0.3 is 5.32 Å². The summed E-state index contributed by atoms with van der Waals surface area (Å²) in [6.45, 7) is 6.01. The highest BCUT2D eigenvalue weighted by Crippen LogP contribution is 2.40. The van der Waals surface area contributed by atoms with Gasteiger partial charge in [0, 0.05) is 29.2 Å². The van der Waals surface area contributed by atoms with Crippen LogP contribution >= 0.6 is 11.8 Å². The summed E-state index contributed by atoms with van der Waals surface area (Å²) in [6, 6.07) is 9.63. The Morgan fingerprint density at radius 1 is 1.26 bits per heavy atom. The van der Waals surface area contributed by atoms with E-state index in [1.165, 1.54) is 36.3 Å². The van der Waals surface area contributed by atoms with E-state index in [0.717, 1.165) is 6.54 Å². The van der Waals surface area contributed by atoms with Gasteiger partial charge in [-0.15, -0.1) is 11.8 Å². The Labute approximate surface area is 121 Å². The maximum Gasteiger partial charge on any atom is 0.0118 e. The van der Waals surface area contributed by atoms with Gasteiger partial charge in [-0.05, 0) is 29.9 Å². The van der Waals surface area contributed by atoms with Gasteiger partial charge in [0.1, 0.15) is 0 Å². The monoisotopic (exact) mass is 275 g/mol. The largest absolute Gasteiger partial charge is 0.313 e. The van der Waals surface area contributed by atoms with Gasteiger partial charge >= 0.3 is 0 Å². The molecule has 1 fully saturated rings. The molecule has 1 aromatic carbocycles. The zero-order chi connectivity index (χ0) is 13.3. The molecule has 1 aliphatic heterocycles. The Morgan fingerprint density at radius 2 is 2.11 bits per heavy atom. The molecular formula is C17H25NS. The van der Waals surface area contributed by atoms with Crippen molar-refractivity contribution in [1.82, 2.24) is 5.32 Å². The minimum Gasteiger partial charge on any atom is -0.313 e. The molecule has 2 unspecified atom stereocenters. The van der Waals surface area contributed by atoms with Crippen molar-refractivity contribution < 1.29 is 0 Å². The van der Waals surface area contributed by atoms with Crippen LogP contribution in [0.25, 0.3) is 0 Å². The Hall–Kier alpha value is -0.470. The van der Waals surface area contributed by atoms with Crippen molar-refractivity contribution in [2.24, 2.45) is 5.41 Å². The molecule has 2 aliphatic rings. The highest BCUT2D eigenvalue weighted by atomic mass is 32.2. The van der Waals surface area contributed by atoms with Crippen LogP contribution in [0.3, 0.4) is 0 Å². The van der Waals surface area contributed by atoms with E-state index in [-0.39, 0.29) is 0 Å². The zero-order valence-electron chi connectivity index (χ0n) is 12.1. The molecule has 1 heterocycles. The molecule has 1 N–H and O–H groups in total. The minimum absolute atomic E-state index is 0.476. The smallest absolute Gasteiger partial charge is 0.0118 e. The fraction of sp³-hybridized carbons (Fsp3) is 0.647. The van der Waals surface area contributed by atoms with Crippen LogP contribution in [0.15, 0.2) is 29.2 Å². The van der Waals surface area contributed by atoms with Crippen LogP contribution in [-0.2, 0) is 0 Å². The van der Waals surface area contributed by atoms with Crippen LogP contribution in [0.1, 0.15) is 51.0 Å². The molecule has 104 valence electrons. The molecule has 2 atom stereocenters. The first-order valence-electron chi connectivity index (χ1n) is 7.62. The third-order valence-corrected chi connectivity index (χ3v) is 6.17. The predicted octanol–water partition coefficient (Wildman–Crippen LogP) is 4.43. The molecule has 3 rings (SSSR count). The first-order valence-corrected chi connectivity index (χ1v) is 8.60. The topological polar surface area (TPSA) is 12.0 Å². The van der Waals surface area contributed by atoms with Crippen LogP contribution in [-0.4, -0.2) is 18.3 Å². The first-order chi connectivity index (χ1) is 9.17. The Morgan fingerprint density at radius 3 is 2.95 bits per heavy atom. The molecule has 0 saturated heterocycles. The van der Waals surface area contributed by atoms with E-state index in [4.69, 9.17) is 0 Å². The number of hydrogen-bond donors (Lipinski definition) is 1. The molecule has 1 aliphatic carbocycles.